The molecule has 34 heavy (non-hydrogen) atoms. The molecule has 0 saturated carbocycles. The quantitative estimate of drug-likeness (QED) is 0.394. The molecule has 7 heteroatoms. The van der Waals surface area contributed by atoms with Gasteiger partial charge in [0.25, 0.3) is 0 Å². The van der Waals surface area contributed by atoms with Crippen LogP contribution in [-0.4, -0.2) is 49.0 Å². The predicted octanol–water partition coefficient (Wildman–Crippen LogP) is 3.92. The molecule has 1 amide bonds. The van der Waals surface area contributed by atoms with Crippen molar-refractivity contribution in [1.29, 1.82) is 0 Å². The smallest absolute Gasteiger partial charge is 0.343 e. The van der Waals surface area contributed by atoms with E-state index in [-0.39, 0.29) is 17.4 Å². The van der Waals surface area contributed by atoms with Crippen LogP contribution in [-0.2, 0) is 16.0 Å². The first kappa shape index (κ1) is 23.2. The lowest BCUT2D eigenvalue weighted by Crippen LogP contribution is -2.40. The van der Waals surface area contributed by atoms with Gasteiger partial charge < -0.3 is 19.1 Å². The van der Waals surface area contributed by atoms with Crippen molar-refractivity contribution in [2.45, 2.75) is 12.8 Å². The maximum Gasteiger partial charge on any atom is 0.343 e. The number of amides is 1. The van der Waals surface area contributed by atoms with Crippen LogP contribution in [0.4, 0.5) is 0 Å². The summed E-state index contributed by atoms with van der Waals surface area (Å²) in [5, 5.41) is 0. The van der Waals surface area contributed by atoms with E-state index < -0.39 is 11.9 Å². The second kappa shape index (κ2) is 11.2. The number of ether oxygens (including phenoxy) is 3. The number of esters is 2. The number of benzene rings is 3. The van der Waals surface area contributed by atoms with Crippen LogP contribution in [0, 0.1) is 0 Å². The zero-order valence-electron chi connectivity index (χ0n) is 18.6. The molecular formula is C27H25NO6. The molecule has 7 nitrogen and oxygen atoms in total. The van der Waals surface area contributed by atoms with Crippen LogP contribution in [0.15, 0.2) is 78.9 Å². The summed E-state index contributed by atoms with van der Waals surface area (Å²) in [7, 11) is 0. The number of rotatable bonds is 7. The van der Waals surface area contributed by atoms with Gasteiger partial charge in [0.2, 0.25) is 5.91 Å². The van der Waals surface area contributed by atoms with Crippen molar-refractivity contribution >= 4 is 17.8 Å². The molecule has 3 aromatic carbocycles. The van der Waals surface area contributed by atoms with Crippen molar-refractivity contribution in [2.75, 3.05) is 26.3 Å². The number of carbonyl (C=O) groups is 3. The Bertz CT molecular complexity index is 1140. The van der Waals surface area contributed by atoms with Crippen LogP contribution in [0.2, 0.25) is 0 Å². The molecule has 174 valence electrons. The number of hydrogen-bond acceptors (Lipinski definition) is 6. The molecule has 1 heterocycles. The van der Waals surface area contributed by atoms with Gasteiger partial charge in [-0.3, -0.25) is 4.79 Å². The zero-order valence-corrected chi connectivity index (χ0v) is 18.6. The first-order valence-corrected chi connectivity index (χ1v) is 11.1. The van der Waals surface area contributed by atoms with Gasteiger partial charge in [-0.1, -0.05) is 42.5 Å². The highest BCUT2D eigenvalue weighted by molar-refractivity contribution is 5.93. The van der Waals surface area contributed by atoms with Gasteiger partial charge in [-0.05, 0) is 48.4 Å². The van der Waals surface area contributed by atoms with E-state index in [2.05, 4.69) is 0 Å². The Kier molecular flexibility index (Phi) is 7.67. The molecule has 1 aliphatic heterocycles. The summed E-state index contributed by atoms with van der Waals surface area (Å²) in [6.45, 7) is 2.28. The van der Waals surface area contributed by atoms with Gasteiger partial charge in [0.15, 0.2) is 11.5 Å². The molecule has 0 aromatic heterocycles. The van der Waals surface area contributed by atoms with Crippen molar-refractivity contribution in [3.05, 3.63) is 95.6 Å². The Morgan fingerprint density at radius 2 is 1.29 bits per heavy atom. The van der Waals surface area contributed by atoms with Crippen molar-refractivity contribution in [1.82, 2.24) is 4.90 Å². The number of carbonyl (C=O) groups excluding carboxylic acids is 3. The average Bonchev–Trinajstić information content (AvgIpc) is 2.90. The van der Waals surface area contributed by atoms with E-state index in [9.17, 15) is 14.4 Å². The molecule has 0 spiro atoms. The lowest BCUT2D eigenvalue weighted by atomic mass is 10.1. The average molecular weight is 459 g/mol. The van der Waals surface area contributed by atoms with E-state index in [1.54, 1.807) is 83.8 Å². The Morgan fingerprint density at radius 1 is 0.735 bits per heavy atom. The molecule has 0 radical (unpaired) electrons. The zero-order chi connectivity index (χ0) is 23.8. The summed E-state index contributed by atoms with van der Waals surface area (Å²) in [4.78, 5) is 39.5. The van der Waals surface area contributed by atoms with Gasteiger partial charge in [0.05, 0.1) is 24.3 Å². The molecule has 4 rings (SSSR count). The first-order valence-electron chi connectivity index (χ1n) is 11.1. The minimum atomic E-state index is -0.570. The number of morpholine rings is 1. The van der Waals surface area contributed by atoms with E-state index in [1.165, 1.54) is 0 Å². The first-order chi connectivity index (χ1) is 16.6. The van der Waals surface area contributed by atoms with E-state index in [0.29, 0.717) is 50.3 Å². The Labute approximate surface area is 197 Å². The minimum absolute atomic E-state index is 0.0470. The third-order valence-corrected chi connectivity index (χ3v) is 5.42. The second-order valence-electron chi connectivity index (χ2n) is 7.79. The molecule has 0 N–H and O–H groups in total. The lowest BCUT2D eigenvalue weighted by Gasteiger charge is -2.26. The van der Waals surface area contributed by atoms with Gasteiger partial charge in [-0.15, -0.1) is 0 Å². The summed E-state index contributed by atoms with van der Waals surface area (Å²) in [5.41, 5.74) is 1.54. The van der Waals surface area contributed by atoms with Crippen LogP contribution in [0.1, 0.15) is 32.7 Å². The van der Waals surface area contributed by atoms with E-state index in [0.717, 1.165) is 5.56 Å². The highest BCUT2D eigenvalue weighted by atomic mass is 16.6. The van der Waals surface area contributed by atoms with Crippen molar-refractivity contribution in [3.8, 4) is 11.5 Å². The molecule has 0 atom stereocenters. The summed E-state index contributed by atoms with van der Waals surface area (Å²) >= 11 is 0. The fourth-order valence-electron chi connectivity index (χ4n) is 3.56. The standard InChI is InChI=1S/C27H25NO6/c29-25(28-15-17-32-18-16-28)14-12-20-11-13-23(33-26(30)21-7-3-1-4-8-21)24(19-20)34-27(31)22-9-5-2-6-10-22/h1-11,13,19H,12,14-18H2. The number of hydrogen-bond donors (Lipinski definition) is 0. The summed E-state index contributed by atoms with van der Waals surface area (Å²) < 4.78 is 16.4. The third kappa shape index (κ3) is 6.08. The molecule has 1 saturated heterocycles. The van der Waals surface area contributed by atoms with Crippen LogP contribution in [0.5, 0.6) is 11.5 Å². The Balaban J connectivity index is 1.51. The van der Waals surface area contributed by atoms with Gasteiger partial charge in [0.1, 0.15) is 0 Å². The number of aryl methyl sites for hydroxylation is 1. The predicted molar refractivity (Wildman–Crippen MR) is 125 cm³/mol. The van der Waals surface area contributed by atoms with E-state index in [4.69, 9.17) is 14.2 Å². The van der Waals surface area contributed by atoms with Crippen LogP contribution < -0.4 is 9.47 Å². The van der Waals surface area contributed by atoms with Gasteiger partial charge in [0, 0.05) is 19.5 Å². The largest absolute Gasteiger partial charge is 0.419 e. The maximum atomic E-state index is 12.7. The monoisotopic (exact) mass is 459 g/mol. The molecule has 0 unspecified atom stereocenters. The van der Waals surface area contributed by atoms with E-state index >= 15 is 0 Å². The lowest BCUT2D eigenvalue weighted by molar-refractivity contribution is -0.135. The fourth-order valence-corrected chi connectivity index (χ4v) is 3.56. The summed E-state index contributed by atoms with van der Waals surface area (Å²) in [6, 6.07) is 22.1. The van der Waals surface area contributed by atoms with Crippen molar-refractivity contribution in [3.63, 3.8) is 0 Å². The van der Waals surface area contributed by atoms with E-state index in [1.807, 2.05) is 0 Å². The van der Waals surface area contributed by atoms with Gasteiger partial charge >= 0.3 is 11.9 Å². The molecule has 3 aromatic rings. The molecule has 1 fully saturated rings. The maximum absolute atomic E-state index is 12.7. The Hall–Kier alpha value is -3.97. The van der Waals surface area contributed by atoms with Gasteiger partial charge in [-0.25, -0.2) is 9.59 Å². The summed E-state index contributed by atoms with van der Waals surface area (Å²) in [5.74, 6) is -0.839. The van der Waals surface area contributed by atoms with Crippen LogP contribution in [0.3, 0.4) is 0 Å². The highest BCUT2D eigenvalue weighted by Gasteiger charge is 2.19. The molecule has 0 bridgehead atoms. The fraction of sp³-hybridized carbons (Fsp3) is 0.222. The second-order valence-corrected chi connectivity index (χ2v) is 7.79. The SMILES string of the molecule is O=C(Oc1ccc(CCC(=O)N2CCOCC2)cc1OC(=O)c1ccccc1)c1ccccc1. The highest BCUT2D eigenvalue weighted by Crippen LogP contribution is 2.30. The van der Waals surface area contributed by atoms with Gasteiger partial charge in [-0.2, -0.15) is 0 Å². The molecular weight excluding hydrogens is 434 g/mol. The Morgan fingerprint density at radius 3 is 1.88 bits per heavy atom. The number of nitrogens with zero attached hydrogens (tertiary/aromatic N) is 1. The molecule has 1 aliphatic rings. The van der Waals surface area contributed by atoms with Crippen molar-refractivity contribution in [2.24, 2.45) is 0 Å². The van der Waals surface area contributed by atoms with Crippen molar-refractivity contribution < 1.29 is 28.6 Å². The topological polar surface area (TPSA) is 82.1 Å². The summed E-state index contributed by atoms with van der Waals surface area (Å²) in [6.07, 6.45) is 0.772. The minimum Gasteiger partial charge on any atom is -0.419 e. The molecule has 0 aliphatic carbocycles. The van der Waals surface area contributed by atoms with Crippen LogP contribution >= 0.6 is 0 Å². The third-order valence-electron chi connectivity index (χ3n) is 5.42. The normalized spacial score (nSPS) is 13.2. The van der Waals surface area contributed by atoms with Crippen LogP contribution in [0.25, 0.3) is 0 Å².